The van der Waals surface area contributed by atoms with Crippen LogP contribution in [0.5, 0.6) is 0 Å². The number of benzene rings is 2. The number of rotatable bonds is 6. The quantitative estimate of drug-likeness (QED) is 0.574. The van der Waals surface area contributed by atoms with Gasteiger partial charge in [-0.05, 0) is 41.7 Å². The normalized spacial score (nSPS) is 12.8. The summed E-state index contributed by atoms with van der Waals surface area (Å²) >= 11 is 1.65. The fourth-order valence-corrected chi connectivity index (χ4v) is 4.25. The molecule has 3 aromatic rings. The highest BCUT2D eigenvalue weighted by atomic mass is 32.1. The number of alkyl carbamates (subject to hydrolysis) is 1. The molecule has 0 unspecified atom stereocenters. The van der Waals surface area contributed by atoms with Crippen LogP contribution in [0.25, 0.3) is 17.2 Å². The van der Waals surface area contributed by atoms with Crippen LogP contribution in [-0.2, 0) is 4.74 Å². The molecule has 28 heavy (non-hydrogen) atoms. The van der Waals surface area contributed by atoms with E-state index in [-0.39, 0.29) is 12.0 Å². The van der Waals surface area contributed by atoms with Crippen molar-refractivity contribution < 1.29 is 9.53 Å². The Bertz CT molecular complexity index is 964. The number of nitrogens with one attached hydrogen (secondary N) is 1. The van der Waals surface area contributed by atoms with Gasteiger partial charge in [-0.1, -0.05) is 54.6 Å². The highest BCUT2D eigenvalue weighted by Crippen LogP contribution is 2.44. The summed E-state index contributed by atoms with van der Waals surface area (Å²) in [5.74, 6) is 0.0891. The number of aryl methyl sites for hydroxylation is 1. The minimum Gasteiger partial charge on any atom is -0.449 e. The number of nitrogens with zero attached hydrogens (tertiary/aromatic N) is 1. The van der Waals surface area contributed by atoms with Crippen LogP contribution in [0.15, 0.2) is 60.8 Å². The van der Waals surface area contributed by atoms with E-state index in [0.717, 1.165) is 11.4 Å². The van der Waals surface area contributed by atoms with E-state index in [1.54, 1.807) is 11.3 Å². The van der Waals surface area contributed by atoms with E-state index in [2.05, 4.69) is 34.6 Å². The minimum absolute atomic E-state index is 0.0891. The van der Waals surface area contributed by atoms with Gasteiger partial charge < -0.3 is 10.1 Å². The summed E-state index contributed by atoms with van der Waals surface area (Å²) in [5.41, 5.74) is 4.90. The second kappa shape index (κ2) is 8.40. The van der Waals surface area contributed by atoms with Crippen molar-refractivity contribution in [3.8, 4) is 11.1 Å². The van der Waals surface area contributed by atoms with Crippen molar-refractivity contribution in [1.82, 2.24) is 10.3 Å². The average molecular weight is 391 g/mol. The van der Waals surface area contributed by atoms with Crippen LogP contribution >= 0.6 is 11.3 Å². The first-order chi connectivity index (χ1) is 13.7. The molecule has 0 aliphatic heterocycles. The molecule has 1 heterocycles. The fourth-order valence-electron chi connectivity index (χ4n) is 3.54. The third kappa shape index (κ3) is 3.99. The monoisotopic (exact) mass is 390 g/mol. The zero-order valence-electron chi connectivity index (χ0n) is 15.7. The van der Waals surface area contributed by atoms with Crippen LogP contribution < -0.4 is 5.32 Å². The van der Waals surface area contributed by atoms with E-state index >= 15 is 0 Å². The molecule has 4 nitrogen and oxygen atoms in total. The highest BCUT2D eigenvalue weighted by molar-refractivity contribution is 7.12. The van der Waals surface area contributed by atoms with Gasteiger partial charge in [0.25, 0.3) is 0 Å². The van der Waals surface area contributed by atoms with Crippen molar-refractivity contribution in [2.75, 3.05) is 13.2 Å². The van der Waals surface area contributed by atoms with Crippen molar-refractivity contribution in [3.63, 3.8) is 0 Å². The molecular weight excluding hydrogens is 368 g/mol. The minimum atomic E-state index is -0.375. The second-order valence-electron chi connectivity index (χ2n) is 6.75. The smallest absolute Gasteiger partial charge is 0.407 e. The van der Waals surface area contributed by atoms with Crippen molar-refractivity contribution in [1.29, 1.82) is 0 Å². The molecule has 0 bridgehead atoms. The highest BCUT2D eigenvalue weighted by Gasteiger charge is 2.28. The van der Waals surface area contributed by atoms with E-state index < -0.39 is 0 Å². The molecule has 0 spiro atoms. The predicted molar refractivity (Wildman–Crippen MR) is 114 cm³/mol. The molecule has 1 aromatic heterocycles. The molecule has 1 aliphatic carbocycles. The maximum atomic E-state index is 12.1. The van der Waals surface area contributed by atoms with Gasteiger partial charge in [0, 0.05) is 23.5 Å². The van der Waals surface area contributed by atoms with Gasteiger partial charge in [0.15, 0.2) is 0 Å². The average Bonchev–Trinajstić information content (AvgIpc) is 3.27. The Morgan fingerprint density at radius 2 is 1.82 bits per heavy atom. The van der Waals surface area contributed by atoms with Crippen LogP contribution in [0.3, 0.4) is 0 Å². The molecule has 0 saturated heterocycles. The Morgan fingerprint density at radius 1 is 1.14 bits per heavy atom. The molecule has 0 radical (unpaired) electrons. The SMILES string of the molecule is Cc1cnc(C=CCCNC(=O)OCC2c3ccccc3-c3ccccc32)s1. The molecule has 5 heteroatoms. The molecule has 142 valence electrons. The van der Waals surface area contributed by atoms with Gasteiger partial charge in [-0.2, -0.15) is 0 Å². The summed E-state index contributed by atoms with van der Waals surface area (Å²) < 4.78 is 5.52. The zero-order valence-corrected chi connectivity index (χ0v) is 16.5. The lowest BCUT2D eigenvalue weighted by atomic mass is 9.98. The third-order valence-electron chi connectivity index (χ3n) is 4.82. The van der Waals surface area contributed by atoms with Gasteiger partial charge in [0.2, 0.25) is 0 Å². The van der Waals surface area contributed by atoms with Gasteiger partial charge in [-0.3, -0.25) is 0 Å². The molecule has 1 amide bonds. The van der Waals surface area contributed by atoms with Crippen LogP contribution in [0.2, 0.25) is 0 Å². The number of carbonyl (C=O) groups is 1. The molecular formula is C23H22N2O2S. The molecule has 0 fully saturated rings. The number of hydrogen-bond donors (Lipinski definition) is 1. The van der Waals surface area contributed by atoms with Crippen molar-refractivity contribution in [2.45, 2.75) is 19.3 Å². The first-order valence-corrected chi connectivity index (χ1v) is 10.2. The lowest BCUT2D eigenvalue weighted by Gasteiger charge is -2.14. The largest absolute Gasteiger partial charge is 0.449 e. The molecule has 1 N–H and O–H groups in total. The lowest BCUT2D eigenvalue weighted by Crippen LogP contribution is -2.26. The van der Waals surface area contributed by atoms with E-state index in [1.165, 1.54) is 27.1 Å². The predicted octanol–water partition coefficient (Wildman–Crippen LogP) is 5.39. The topological polar surface area (TPSA) is 51.2 Å². The number of amides is 1. The second-order valence-corrected chi connectivity index (χ2v) is 8.02. The van der Waals surface area contributed by atoms with Crippen molar-refractivity contribution in [2.24, 2.45) is 0 Å². The van der Waals surface area contributed by atoms with Crippen LogP contribution in [-0.4, -0.2) is 24.2 Å². The Kier molecular flexibility index (Phi) is 5.53. The summed E-state index contributed by atoms with van der Waals surface area (Å²) in [5, 5.41) is 3.80. The van der Waals surface area contributed by atoms with E-state index in [0.29, 0.717) is 13.2 Å². The van der Waals surface area contributed by atoms with Crippen LogP contribution in [0, 0.1) is 6.92 Å². The van der Waals surface area contributed by atoms with Crippen LogP contribution in [0.4, 0.5) is 4.79 Å². The Labute approximate surface area is 168 Å². The number of aromatic nitrogens is 1. The van der Waals surface area contributed by atoms with Crippen LogP contribution in [0.1, 0.15) is 33.4 Å². The Morgan fingerprint density at radius 3 is 2.46 bits per heavy atom. The number of fused-ring (bicyclic) bond motifs is 3. The van der Waals surface area contributed by atoms with Gasteiger partial charge in [0.1, 0.15) is 11.6 Å². The summed E-state index contributed by atoms with van der Waals surface area (Å²) in [6.07, 6.45) is 6.22. The fraction of sp³-hybridized carbons (Fsp3) is 0.217. The van der Waals surface area contributed by atoms with Crippen molar-refractivity contribution in [3.05, 3.63) is 81.8 Å². The van der Waals surface area contributed by atoms with E-state index in [9.17, 15) is 4.79 Å². The number of thiazole rings is 1. The van der Waals surface area contributed by atoms with Gasteiger partial charge >= 0.3 is 6.09 Å². The van der Waals surface area contributed by atoms with Gasteiger partial charge in [-0.15, -0.1) is 11.3 Å². The Hall–Kier alpha value is -2.92. The first kappa shape index (κ1) is 18.4. The molecule has 4 rings (SSSR count). The first-order valence-electron chi connectivity index (χ1n) is 9.40. The standard InChI is InChI=1S/C23H22N2O2S/c1-16-14-25-22(28-16)12-6-7-13-24-23(26)27-15-21-19-10-4-2-8-17(19)18-9-3-5-11-20(18)21/h2-6,8-12,14,21H,7,13,15H2,1H3,(H,24,26). The number of ether oxygens (including phenoxy) is 1. The summed E-state index contributed by atoms with van der Waals surface area (Å²) in [7, 11) is 0. The maximum Gasteiger partial charge on any atom is 0.407 e. The maximum absolute atomic E-state index is 12.1. The number of hydrogen-bond acceptors (Lipinski definition) is 4. The lowest BCUT2D eigenvalue weighted by molar-refractivity contribution is 0.143. The van der Waals surface area contributed by atoms with E-state index in [4.69, 9.17) is 4.74 Å². The molecule has 0 saturated carbocycles. The third-order valence-corrected chi connectivity index (χ3v) is 5.70. The zero-order chi connectivity index (χ0) is 19.3. The Balaban J connectivity index is 1.29. The molecule has 0 atom stereocenters. The van der Waals surface area contributed by atoms with E-state index in [1.807, 2.05) is 49.5 Å². The van der Waals surface area contributed by atoms with Gasteiger partial charge in [-0.25, -0.2) is 9.78 Å². The molecule has 2 aromatic carbocycles. The number of carbonyl (C=O) groups excluding carboxylic acids is 1. The summed E-state index contributed by atoms with van der Waals surface area (Å²) in [6.45, 7) is 2.92. The van der Waals surface area contributed by atoms with Crippen molar-refractivity contribution >= 4 is 23.5 Å². The summed E-state index contributed by atoms with van der Waals surface area (Å²) in [6, 6.07) is 16.7. The molecule has 1 aliphatic rings. The van der Waals surface area contributed by atoms with Gasteiger partial charge in [0.05, 0.1) is 0 Å². The summed E-state index contributed by atoms with van der Waals surface area (Å²) in [4.78, 5) is 17.6.